The molecule has 27 heavy (non-hydrogen) atoms. The summed E-state index contributed by atoms with van der Waals surface area (Å²) >= 11 is 0. The lowest BCUT2D eigenvalue weighted by Crippen LogP contribution is -2.37. The number of nitrogens with one attached hydrogen (secondary N) is 1. The highest BCUT2D eigenvalue weighted by Gasteiger charge is 2.24. The van der Waals surface area contributed by atoms with E-state index in [-0.39, 0.29) is 22.5 Å². The van der Waals surface area contributed by atoms with Gasteiger partial charge in [0.1, 0.15) is 0 Å². The second kappa shape index (κ2) is 10.8. The fraction of sp³-hybridized carbons (Fsp3) is 0.955. The van der Waals surface area contributed by atoms with E-state index in [1.165, 1.54) is 0 Å². The molecule has 1 amide bonds. The molecule has 5 heteroatoms. The summed E-state index contributed by atoms with van der Waals surface area (Å²) in [6, 6.07) is 0. The number of carbonyl (C=O) groups excluding carboxylic acids is 1. The predicted molar refractivity (Wildman–Crippen MR) is 112 cm³/mol. The summed E-state index contributed by atoms with van der Waals surface area (Å²) in [5.74, 6) is -0.00627. The monoisotopic (exact) mass is 387 g/mol. The molecule has 0 radical (unpaired) electrons. The van der Waals surface area contributed by atoms with Gasteiger partial charge in [0.2, 0.25) is 5.91 Å². The Kier molecular flexibility index (Phi) is 10.5. The van der Waals surface area contributed by atoms with Crippen molar-refractivity contribution in [3.05, 3.63) is 0 Å². The van der Waals surface area contributed by atoms with Crippen LogP contribution >= 0.6 is 0 Å². The molecule has 0 aromatic carbocycles. The van der Waals surface area contributed by atoms with E-state index in [0.717, 1.165) is 12.8 Å². The number of amides is 1. The lowest BCUT2D eigenvalue weighted by Gasteiger charge is -2.28. The van der Waals surface area contributed by atoms with Gasteiger partial charge in [-0.05, 0) is 66.7 Å². The summed E-state index contributed by atoms with van der Waals surface area (Å²) < 4.78 is 17.6. The van der Waals surface area contributed by atoms with E-state index in [1.807, 2.05) is 48.5 Å². The minimum absolute atomic E-state index is 0.00627. The molecule has 0 fully saturated rings. The fourth-order valence-electron chi connectivity index (χ4n) is 2.33. The van der Waals surface area contributed by atoms with E-state index in [4.69, 9.17) is 14.2 Å². The van der Waals surface area contributed by atoms with Gasteiger partial charge in [-0.25, -0.2) is 0 Å². The first-order valence-corrected chi connectivity index (χ1v) is 10.2. The van der Waals surface area contributed by atoms with Gasteiger partial charge in [0, 0.05) is 19.8 Å². The van der Waals surface area contributed by atoms with Gasteiger partial charge in [-0.3, -0.25) is 4.79 Å². The average Bonchev–Trinajstić information content (AvgIpc) is 2.39. The summed E-state index contributed by atoms with van der Waals surface area (Å²) in [6.45, 7) is 23.0. The molecule has 162 valence electrons. The molecule has 0 heterocycles. The highest BCUT2D eigenvalue weighted by molar-refractivity contribution is 5.76. The Balaban J connectivity index is 4.01. The zero-order valence-corrected chi connectivity index (χ0v) is 19.6. The topological polar surface area (TPSA) is 56.8 Å². The van der Waals surface area contributed by atoms with Crippen LogP contribution in [0.25, 0.3) is 0 Å². The third-order valence-corrected chi connectivity index (χ3v) is 4.09. The second-order valence-electron chi connectivity index (χ2n) is 10.8. The molecule has 0 rings (SSSR count). The quantitative estimate of drug-likeness (QED) is 0.492. The predicted octanol–water partition coefficient (Wildman–Crippen LogP) is 4.72. The summed E-state index contributed by atoms with van der Waals surface area (Å²) in [6.07, 6.45) is 2.13. The van der Waals surface area contributed by atoms with Crippen molar-refractivity contribution < 1.29 is 19.0 Å². The molecular formula is C22H45NO4. The van der Waals surface area contributed by atoms with Gasteiger partial charge >= 0.3 is 0 Å². The van der Waals surface area contributed by atoms with E-state index in [0.29, 0.717) is 32.8 Å². The molecule has 0 aliphatic rings. The Bertz CT molecular complexity index is 431. The van der Waals surface area contributed by atoms with E-state index in [1.54, 1.807) is 0 Å². The Morgan fingerprint density at radius 1 is 0.704 bits per heavy atom. The molecule has 5 nitrogen and oxygen atoms in total. The van der Waals surface area contributed by atoms with Crippen LogP contribution in [0, 0.1) is 5.41 Å². The highest BCUT2D eigenvalue weighted by atomic mass is 16.5. The molecule has 0 aliphatic heterocycles. The molecule has 0 saturated heterocycles. The summed E-state index contributed by atoms with van der Waals surface area (Å²) in [5.41, 5.74) is -0.628. The van der Waals surface area contributed by atoms with Crippen molar-refractivity contribution in [1.82, 2.24) is 5.32 Å². The van der Waals surface area contributed by atoms with Crippen LogP contribution in [0.3, 0.4) is 0 Å². The van der Waals surface area contributed by atoms with Crippen molar-refractivity contribution in [2.45, 2.75) is 105 Å². The average molecular weight is 388 g/mol. The number of rotatable bonds is 12. The Morgan fingerprint density at radius 3 is 1.74 bits per heavy atom. The van der Waals surface area contributed by atoms with E-state index < -0.39 is 5.60 Å². The van der Waals surface area contributed by atoms with Crippen LogP contribution in [-0.4, -0.2) is 49.1 Å². The first kappa shape index (κ1) is 26.4. The van der Waals surface area contributed by atoms with Gasteiger partial charge in [-0.15, -0.1) is 0 Å². The molecule has 0 spiro atoms. The van der Waals surface area contributed by atoms with Crippen molar-refractivity contribution >= 4 is 5.91 Å². The van der Waals surface area contributed by atoms with Crippen molar-refractivity contribution in [3.8, 4) is 0 Å². The van der Waals surface area contributed by atoms with Gasteiger partial charge in [0.25, 0.3) is 0 Å². The van der Waals surface area contributed by atoms with Gasteiger partial charge in [0.15, 0.2) is 0 Å². The third kappa shape index (κ3) is 17.2. The van der Waals surface area contributed by atoms with Crippen LogP contribution < -0.4 is 5.32 Å². The normalized spacial score (nSPS) is 13.7. The summed E-state index contributed by atoms with van der Waals surface area (Å²) in [5, 5.41) is 2.92. The molecule has 0 unspecified atom stereocenters. The van der Waals surface area contributed by atoms with Crippen molar-refractivity contribution in [2.75, 3.05) is 26.4 Å². The zero-order chi connectivity index (χ0) is 21.4. The molecule has 0 bridgehead atoms. The van der Waals surface area contributed by atoms with Crippen LogP contribution in [0.5, 0.6) is 0 Å². The summed E-state index contributed by atoms with van der Waals surface area (Å²) in [7, 11) is 0. The van der Waals surface area contributed by atoms with Crippen LogP contribution in [0.1, 0.15) is 88.5 Å². The first-order chi connectivity index (χ1) is 12.0. The number of hydrogen-bond donors (Lipinski definition) is 1. The lowest BCUT2D eigenvalue weighted by molar-refractivity contribution is -0.128. The molecule has 1 N–H and O–H groups in total. The smallest absolute Gasteiger partial charge is 0.222 e. The first-order valence-electron chi connectivity index (χ1n) is 10.2. The zero-order valence-electron chi connectivity index (χ0n) is 19.6. The standard InChI is InChI=1S/C22H45NO4/c1-19(2,3)11-14-26-22(9,10)17-18(24)23-13-16-27-21(7,8)12-15-25-20(4,5)6/h11-17H2,1-10H3,(H,23,24). The molecule has 0 aromatic heterocycles. The van der Waals surface area contributed by atoms with Crippen LogP contribution in [0.2, 0.25) is 0 Å². The molecule has 0 saturated carbocycles. The molecule has 0 aromatic rings. The second-order valence-corrected chi connectivity index (χ2v) is 10.8. The van der Waals surface area contributed by atoms with Crippen LogP contribution in [0.15, 0.2) is 0 Å². The van der Waals surface area contributed by atoms with Crippen molar-refractivity contribution in [1.29, 1.82) is 0 Å². The van der Waals surface area contributed by atoms with Crippen LogP contribution in [0.4, 0.5) is 0 Å². The summed E-state index contributed by atoms with van der Waals surface area (Å²) in [4.78, 5) is 12.2. The van der Waals surface area contributed by atoms with Crippen molar-refractivity contribution in [2.24, 2.45) is 5.41 Å². The molecular weight excluding hydrogens is 342 g/mol. The van der Waals surface area contributed by atoms with Gasteiger partial charge in [0.05, 0.1) is 29.8 Å². The number of hydrogen-bond acceptors (Lipinski definition) is 4. The maximum Gasteiger partial charge on any atom is 0.222 e. The van der Waals surface area contributed by atoms with Gasteiger partial charge in [-0.2, -0.15) is 0 Å². The lowest BCUT2D eigenvalue weighted by atomic mass is 9.93. The Hall–Kier alpha value is -0.650. The van der Waals surface area contributed by atoms with E-state index in [9.17, 15) is 4.79 Å². The maximum absolute atomic E-state index is 12.2. The largest absolute Gasteiger partial charge is 0.376 e. The van der Waals surface area contributed by atoms with Crippen LogP contribution in [-0.2, 0) is 19.0 Å². The van der Waals surface area contributed by atoms with Gasteiger partial charge in [-0.1, -0.05) is 20.8 Å². The van der Waals surface area contributed by atoms with E-state index >= 15 is 0 Å². The van der Waals surface area contributed by atoms with Crippen molar-refractivity contribution in [3.63, 3.8) is 0 Å². The number of ether oxygens (including phenoxy) is 3. The highest BCUT2D eigenvalue weighted by Crippen LogP contribution is 2.22. The SMILES string of the molecule is CC(C)(C)CCOC(C)(C)CC(=O)NCCOC(C)(C)CCOC(C)(C)C. The molecule has 0 aliphatic carbocycles. The third-order valence-electron chi connectivity index (χ3n) is 4.09. The Morgan fingerprint density at radius 2 is 1.22 bits per heavy atom. The van der Waals surface area contributed by atoms with Gasteiger partial charge < -0.3 is 19.5 Å². The maximum atomic E-state index is 12.2. The fourth-order valence-corrected chi connectivity index (χ4v) is 2.33. The Labute approximate surface area is 167 Å². The number of carbonyl (C=O) groups is 1. The minimum atomic E-state index is -0.459. The minimum Gasteiger partial charge on any atom is -0.376 e. The van der Waals surface area contributed by atoms with E-state index in [2.05, 4.69) is 26.1 Å². The molecule has 0 atom stereocenters.